The zero-order valence-corrected chi connectivity index (χ0v) is 16.0. The molecule has 0 aliphatic rings. The highest BCUT2D eigenvalue weighted by Crippen LogP contribution is 2.34. The number of aromatic nitrogens is 3. The molecule has 0 unspecified atom stereocenters. The maximum absolute atomic E-state index is 11.2. The number of nitro groups is 1. The number of ether oxygens (including phenoxy) is 1. The number of nitrogens with zero attached hydrogens (tertiary/aromatic N) is 4. The van der Waals surface area contributed by atoms with Crippen molar-refractivity contribution in [3.8, 4) is 28.3 Å². The van der Waals surface area contributed by atoms with Crippen LogP contribution in [0.3, 0.4) is 0 Å². The number of fused-ring (bicyclic) bond motifs is 1. The van der Waals surface area contributed by atoms with E-state index in [2.05, 4.69) is 9.97 Å². The van der Waals surface area contributed by atoms with E-state index in [1.807, 2.05) is 54.8 Å². The molecule has 0 aliphatic heterocycles. The molecule has 2 aromatic heterocycles. The van der Waals surface area contributed by atoms with Crippen LogP contribution in [-0.4, -0.2) is 32.7 Å². The van der Waals surface area contributed by atoms with Crippen LogP contribution in [0, 0.1) is 10.1 Å². The maximum Gasteiger partial charge on any atom is 0.304 e. The molecule has 8 heteroatoms. The van der Waals surface area contributed by atoms with Crippen LogP contribution in [0.5, 0.6) is 5.75 Å². The Labute approximate surface area is 165 Å². The van der Waals surface area contributed by atoms with Crippen molar-refractivity contribution in [2.75, 3.05) is 13.4 Å². The second kappa shape index (κ2) is 7.32. The Morgan fingerprint density at radius 1 is 1.07 bits per heavy atom. The van der Waals surface area contributed by atoms with E-state index in [0.29, 0.717) is 11.5 Å². The third-order valence-electron chi connectivity index (χ3n) is 4.40. The molecule has 4 rings (SSSR count). The van der Waals surface area contributed by atoms with Gasteiger partial charge in [-0.05, 0) is 42.7 Å². The van der Waals surface area contributed by atoms with Crippen molar-refractivity contribution < 1.29 is 9.66 Å². The largest absolute Gasteiger partial charge is 0.497 e. The smallest absolute Gasteiger partial charge is 0.304 e. The molecule has 0 amide bonds. The summed E-state index contributed by atoms with van der Waals surface area (Å²) in [6.07, 6.45) is 4.69. The first-order valence-electron chi connectivity index (χ1n) is 8.42. The van der Waals surface area contributed by atoms with Gasteiger partial charge in [0.15, 0.2) is 0 Å². The Hall–Kier alpha value is -3.39. The van der Waals surface area contributed by atoms with E-state index in [1.54, 1.807) is 23.3 Å². The normalized spacial score (nSPS) is 10.9. The molecule has 0 aliphatic carbocycles. The molecule has 0 fully saturated rings. The van der Waals surface area contributed by atoms with Gasteiger partial charge in [-0.2, -0.15) is 0 Å². The summed E-state index contributed by atoms with van der Waals surface area (Å²) in [6, 6.07) is 15.5. The molecule has 0 N–H and O–H groups in total. The number of hydrogen-bond donors (Lipinski definition) is 0. The van der Waals surface area contributed by atoms with E-state index in [-0.39, 0.29) is 5.69 Å². The summed E-state index contributed by atoms with van der Waals surface area (Å²) < 4.78 is 6.90. The highest BCUT2D eigenvalue weighted by molar-refractivity contribution is 7.98. The first kappa shape index (κ1) is 18.0. The van der Waals surface area contributed by atoms with Crippen LogP contribution in [0.4, 0.5) is 5.69 Å². The fourth-order valence-corrected chi connectivity index (χ4v) is 3.40. The summed E-state index contributed by atoms with van der Waals surface area (Å²) in [7, 11) is 1.61. The fraction of sp³-hybridized carbons (Fsp3) is 0.100. The molecule has 4 aromatic rings. The average molecular weight is 392 g/mol. The van der Waals surface area contributed by atoms with Gasteiger partial charge in [0.05, 0.1) is 29.6 Å². The van der Waals surface area contributed by atoms with Crippen LogP contribution in [0.25, 0.3) is 28.3 Å². The van der Waals surface area contributed by atoms with Crippen LogP contribution in [0.15, 0.2) is 65.8 Å². The van der Waals surface area contributed by atoms with Gasteiger partial charge in [0.1, 0.15) is 11.9 Å². The molecule has 0 radical (unpaired) electrons. The summed E-state index contributed by atoms with van der Waals surface area (Å²) in [4.78, 5) is 20.7. The van der Waals surface area contributed by atoms with Crippen molar-refractivity contribution in [2.45, 2.75) is 4.90 Å². The second-order valence-corrected chi connectivity index (χ2v) is 6.88. The van der Waals surface area contributed by atoms with Crippen molar-refractivity contribution >= 4 is 23.2 Å². The van der Waals surface area contributed by atoms with Crippen molar-refractivity contribution in [3.05, 3.63) is 71.0 Å². The lowest BCUT2D eigenvalue weighted by atomic mass is 10.0. The Balaban J connectivity index is 1.97. The molecule has 7 nitrogen and oxygen atoms in total. The van der Waals surface area contributed by atoms with Gasteiger partial charge in [-0.15, -0.1) is 11.8 Å². The lowest BCUT2D eigenvalue weighted by Crippen LogP contribution is -1.96. The van der Waals surface area contributed by atoms with Gasteiger partial charge < -0.3 is 4.74 Å². The van der Waals surface area contributed by atoms with Crippen LogP contribution in [0.2, 0.25) is 0 Å². The van der Waals surface area contributed by atoms with Gasteiger partial charge >= 0.3 is 5.69 Å². The molecule has 2 heterocycles. The molecule has 0 saturated heterocycles. The topological polar surface area (TPSA) is 82.6 Å². The number of imidazole rings is 1. The van der Waals surface area contributed by atoms with Crippen molar-refractivity contribution in [1.29, 1.82) is 0 Å². The van der Waals surface area contributed by atoms with Crippen molar-refractivity contribution in [1.82, 2.24) is 14.4 Å². The zero-order valence-electron chi connectivity index (χ0n) is 15.2. The number of benzene rings is 2. The third kappa shape index (κ3) is 3.18. The van der Waals surface area contributed by atoms with E-state index in [0.717, 1.165) is 27.5 Å². The molecule has 0 saturated carbocycles. The van der Waals surface area contributed by atoms with Gasteiger partial charge in [0.2, 0.25) is 5.78 Å². The Bertz CT molecular complexity index is 1150. The molecule has 0 spiro atoms. The fourth-order valence-electron chi connectivity index (χ4n) is 2.99. The minimum Gasteiger partial charge on any atom is -0.497 e. The second-order valence-electron chi connectivity index (χ2n) is 6.01. The summed E-state index contributed by atoms with van der Waals surface area (Å²) in [6.45, 7) is 0. The van der Waals surface area contributed by atoms with Gasteiger partial charge in [-0.1, -0.05) is 12.1 Å². The van der Waals surface area contributed by atoms with E-state index in [4.69, 9.17) is 4.74 Å². The van der Waals surface area contributed by atoms with Crippen molar-refractivity contribution in [3.63, 3.8) is 0 Å². The van der Waals surface area contributed by atoms with Gasteiger partial charge in [0.25, 0.3) is 0 Å². The van der Waals surface area contributed by atoms with Crippen LogP contribution >= 0.6 is 11.8 Å². The van der Waals surface area contributed by atoms with E-state index in [9.17, 15) is 10.1 Å². The average Bonchev–Trinajstić information content (AvgIpc) is 3.12. The summed E-state index contributed by atoms with van der Waals surface area (Å²) in [5, 5.41) is 11.2. The molecular weight excluding hydrogens is 376 g/mol. The van der Waals surface area contributed by atoms with E-state index < -0.39 is 4.92 Å². The monoisotopic (exact) mass is 392 g/mol. The first-order valence-corrected chi connectivity index (χ1v) is 9.64. The van der Waals surface area contributed by atoms with E-state index >= 15 is 0 Å². The highest BCUT2D eigenvalue weighted by Gasteiger charge is 2.19. The lowest BCUT2D eigenvalue weighted by Gasteiger charge is -2.07. The molecular formula is C20H16N4O3S. The minimum atomic E-state index is -0.458. The van der Waals surface area contributed by atoms with Crippen LogP contribution < -0.4 is 4.74 Å². The van der Waals surface area contributed by atoms with Gasteiger partial charge in [-0.25, -0.2) is 9.97 Å². The Kier molecular flexibility index (Phi) is 4.70. The first-order chi connectivity index (χ1) is 13.6. The molecule has 140 valence electrons. The quantitative estimate of drug-likeness (QED) is 0.278. The Morgan fingerprint density at radius 3 is 2.36 bits per heavy atom. The van der Waals surface area contributed by atoms with E-state index in [1.165, 1.54) is 12.4 Å². The third-order valence-corrected chi connectivity index (χ3v) is 5.15. The van der Waals surface area contributed by atoms with Crippen molar-refractivity contribution in [2.24, 2.45) is 0 Å². The SMILES string of the molecule is COc1ccc(-c2nc3ncc([N+](=O)[O-])cn3c2-c2ccc(SC)cc2)cc1. The molecule has 0 bridgehead atoms. The molecule has 28 heavy (non-hydrogen) atoms. The van der Waals surface area contributed by atoms with Crippen LogP contribution in [-0.2, 0) is 0 Å². The van der Waals surface area contributed by atoms with Gasteiger partial charge in [0, 0.05) is 16.0 Å². The standard InChI is InChI=1S/C20H16N4O3S/c1-27-16-7-3-13(4-8-16)18-19(14-5-9-17(28-2)10-6-14)23-12-15(24(25)26)11-21-20(23)22-18/h3-12H,1-2H3. The molecule has 2 aromatic carbocycles. The number of rotatable bonds is 5. The van der Waals surface area contributed by atoms with Crippen LogP contribution in [0.1, 0.15) is 0 Å². The predicted octanol–water partition coefficient (Wildman–Crippen LogP) is 4.70. The number of hydrogen-bond acceptors (Lipinski definition) is 6. The molecule has 0 atom stereocenters. The van der Waals surface area contributed by atoms with Gasteiger partial charge in [-0.3, -0.25) is 14.5 Å². The summed E-state index contributed by atoms with van der Waals surface area (Å²) in [5.41, 5.74) is 3.14. The minimum absolute atomic E-state index is 0.0897. The Morgan fingerprint density at radius 2 is 1.75 bits per heavy atom. The highest BCUT2D eigenvalue weighted by atomic mass is 32.2. The zero-order chi connectivity index (χ0) is 19.7. The number of thioether (sulfide) groups is 1. The summed E-state index contributed by atoms with van der Waals surface area (Å²) in [5.74, 6) is 1.15. The predicted molar refractivity (Wildman–Crippen MR) is 109 cm³/mol. The maximum atomic E-state index is 11.2. The number of methoxy groups -OCH3 is 1. The lowest BCUT2D eigenvalue weighted by molar-refractivity contribution is -0.385. The summed E-state index contributed by atoms with van der Waals surface area (Å²) >= 11 is 1.65.